The summed E-state index contributed by atoms with van der Waals surface area (Å²) < 4.78 is 89.7. The Morgan fingerprint density at radius 3 is 1.90 bits per heavy atom. The number of sulfonamides is 1. The molecule has 0 saturated carbocycles. The number of benzene rings is 1. The van der Waals surface area contributed by atoms with Crippen molar-refractivity contribution in [2.75, 3.05) is 4.72 Å². The number of rotatable bonds is 3. The SMILES string of the molecule is O=S(=O)(Nc1c(F)c(F)c(F)c(F)c1F)c1cnc[nH]1. The molecule has 1 aromatic carbocycles. The van der Waals surface area contributed by atoms with Crippen molar-refractivity contribution in [2.24, 2.45) is 0 Å². The lowest BCUT2D eigenvalue weighted by Gasteiger charge is -2.10. The number of nitrogens with one attached hydrogen (secondary N) is 2. The summed E-state index contributed by atoms with van der Waals surface area (Å²) in [6.07, 6.45) is 1.74. The molecule has 0 unspecified atom stereocenters. The number of anilines is 1. The average Bonchev–Trinajstić information content (AvgIpc) is 2.94. The molecule has 0 aliphatic carbocycles. The summed E-state index contributed by atoms with van der Waals surface area (Å²) in [5, 5.41) is -0.610. The van der Waals surface area contributed by atoms with Crippen LogP contribution >= 0.6 is 0 Å². The van der Waals surface area contributed by atoms with Crippen LogP contribution in [-0.4, -0.2) is 18.4 Å². The van der Waals surface area contributed by atoms with Gasteiger partial charge in [0.15, 0.2) is 28.3 Å². The fraction of sp³-hybridized carbons (Fsp3) is 0. The third-order valence-electron chi connectivity index (χ3n) is 2.21. The number of imidazole rings is 1. The van der Waals surface area contributed by atoms with Crippen LogP contribution in [0.4, 0.5) is 27.6 Å². The Morgan fingerprint density at radius 2 is 1.45 bits per heavy atom. The van der Waals surface area contributed by atoms with Gasteiger partial charge < -0.3 is 4.98 Å². The highest BCUT2D eigenvalue weighted by atomic mass is 32.2. The standard InChI is InChI=1S/C9H4F5N3O2S/c10-4-5(11)7(13)9(8(14)6(4)12)17-20(18,19)3-1-15-2-16-3/h1-2,17H,(H,15,16). The van der Waals surface area contributed by atoms with E-state index in [0.717, 1.165) is 12.5 Å². The van der Waals surface area contributed by atoms with E-state index in [9.17, 15) is 30.4 Å². The Balaban J connectivity index is 2.56. The quantitative estimate of drug-likeness (QED) is 0.516. The molecule has 2 rings (SSSR count). The van der Waals surface area contributed by atoms with Crippen LogP contribution in [0, 0.1) is 29.1 Å². The molecule has 0 atom stereocenters. The second-order valence-electron chi connectivity index (χ2n) is 3.47. The van der Waals surface area contributed by atoms with Crippen LogP contribution in [0.2, 0.25) is 0 Å². The Hall–Kier alpha value is -2.17. The molecule has 0 amide bonds. The molecule has 2 N–H and O–H groups in total. The fourth-order valence-electron chi connectivity index (χ4n) is 1.27. The average molecular weight is 313 g/mol. The molecule has 20 heavy (non-hydrogen) atoms. The maximum atomic E-state index is 13.3. The molecule has 2 aromatic rings. The van der Waals surface area contributed by atoms with E-state index in [2.05, 4.69) is 9.97 Å². The maximum Gasteiger partial charge on any atom is 0.279 e. The Labute approximate surface area is 108 Å². The van der Waals surface area contributed by atoms with Crippen LogP contribution < -0.4 is 4.72 Å². The van der Waals surface area contributed by atoms with Gasteiger partial charge in [0, 0.05) is 0 Å². The topological polar surface area (TPSA) is 74.8 Å². The minimum atomic E-state index is -4.57. The second kappa shape index (κ2) is 4.74. The van der Waals surface area contributed by atoms with Crippen molar-refractivity contribution in [3.05, 3.63) is 41.6 Å². The molecule has 108 valence electrons. The lowest BCUT2D eigenvalue weighted by molar-refractivity contribution is 0.382. The van der Waals surface area contributed by atoms with E-state index >= 15 is 0 Å². The van der Waals surface area contributed by atoms with Gasteiger partial charge in [0.2, 0.25) is 5.82 Å². The van der Waals surface area contributed by atoms with Gasteiger partial charge in [0.1, 0.15) is 5.69 Å². The van der Waals surface area contributed by atoms with Crippen molar-refractivity contribution in [2.45, 2.75) is 5.03 Å². The molecule has 0 aliphatic rings. The first-order valence-corrected chi connectivity index (χ1v) is 6.26. The highest BCUT2D eigenvalue weighted by Gasteiger charge is 2.29. The van der Waals surface area contributed by atoms with Crippen molar-refractivity contribution in [1.82, 2.24) is 9.97 Å². The molecule has 0 fully saturated rings. The van der Waals surface area contributed by atoms with E-state index in [1.807, 2.05) is 0 Å². The third-order valence-corrected chi connectivity index (χ3v) is 3.48. The summed E-state index contributed by atoms with van der Waals surface area (Å²) >= 11 is 0. The van der Waals surface area contributed by atoms with Gasteiger partial charge in [-0.1, -0.05) is 0 Å². The summed E-state index contributed by atoms with van der Waals surface area (Å²) in [6.45, 7) is 0. The molecule has 1 heterocycles. The monoisotopic (exact) mass is 313 g/mol. The first kappa shape index (κ1) is 14.2. The van der Waals surface area contributed by atoms with Gasteiger partial charge in [-0.15, -0.1) is 0 Å². The van der Waals surface area contributed by atoms with E-state index in [1.165, 1.54) is 4.72 Å². The number of hydrogen-bond donors (Lipinski definition) is 2. The smallest absolute Gasteiger partial charge is 0.279 e. The molecule has 0 aliphatic heterocycles. The van der Waals surface area contributed by atoms with Crippen LogP contribution in [0.3, 0.4) is 0 Å². The van der Waals surface area contributed by atoms with E-state index in [4.69, 9.17) is 0 Å². The molecule has 0 radical (unpaired) electrons. The van der Waals surface area contributed by atoms with Crippen LogP contribution in [0.15, 0.2) is 17.6 Å². The summed E-state index contributed by atoms with van der Waals surface area (Å²) in [6, 6.07) is 0. The maximum absolute atomic E-state index is 13.3. The zero-order valence-corrected chi connectivity index (χ0v) is 10.0. The minimum Gasteiger partial charge on any atom is -0.334 e. The zero-order valence-electron chi connectivity index (χ0n) is 9.22. The van der Waals surface area contributed by atoms with E-state index in [1.54, 1.807) is 0 Å². The highest BCUT2D eigenvalue weighted by Crippen LogP contribution is 2.28. The van der Waals surface area contributed by atoms with Crippen molar-refractivity contribution in [3.63, 3.8) is 0 Å². The molecule has 11 heteroatoms. The summed E-state index contributed by atoms with van der Waals surface area (Å²) in [4.78, 5) is 5.46. The first-order chi connectivity index (χ1) is 9.25. The van der Waals surface area contributed by atoms with Gasteiger partial charge in [0.25, 0.3) is 10.0 Å². The lowest BCUT2D eigenvalue weighted by Crippen LogP contribution is -2.17. The number of aromatic nitrogens is 2. The molecule has 5 nitrogen and oxygen atoms in total. The predicted molar refractivity (Wildman–Crippen MR) is 55.6 cm³/mol. The summed E-state index contributed by atoms with van der Waals surface area (Å²) in [5.41, 5.74) is -1.67. The zero-order chi connectivity index (χ0) is 15.1. The van der Waals surface area contributed by atoms with Gasteiger partial charge in [-0.25, -0.2) is 26.9 Å². The summed E-state index contributed by atoms with van der Waals surface area (Å²) in [5.74, 6) is -11.5. The molecular formula is C9H4F5N3O2S. The normalized spacial score (nSPS) is 11.7. The highest BCUT2D eigenvalue weighted by molar-refractivity contribution is 7.92. The molecule has 0 bridgehead atoms. The second-order valence-corrected chi connectivity index (χ2v) is 5.12. The molecule has 0 saturated heterocycles. The van der Waals surface area contributed by atoms with Crippen molar-refractivity contribution < 1.29 is 30.4 Å². The number of aromatic amines is 1. The van der Waals surface area contributed by atoms with Crippen molar-refractivity contribution >= 4 is 15.7 Å². The predicted octanol–water partition coefficient (Wildman–Crippen LogP) is 1.91. The van der Waals surface area contributed by atoms with Gasteiger partial charge in [-0.2, -0.15) is 8.42 Å². The molecule has 0 spiro atoms. The van der Waals surface area contributed by atoms with Crippen LogP contribution in [-0.2, 0) is 10.0 Å². The van der Waals surface area contributed by atoms with Crippen LogP contribution in [0.5, 0.6) is 0 Å². The first-order valence-electron chi connectivity index (χ1n) is 4.78. The fourth-order valence-corrected chi connectivity index (χ4v) is 2.24. The Bertz CT molecular complexity index is 731. The number of hydrogen-bond acceptors (Lipinski definition) is 3. The van der Waals surface area contributed by atoms with Gasteiger partial charge in [0.05, 0.1) is 12.5 Å². The number of halogens is 5. The lowest BCUT2D eigenvalue weighted by atomic mass is 10.2. The van der Waals surface area contributed by atoms with Crippen LogP contribution in [0.25, 0.3) is 0 Å². The number of nitrogens with zero attached hydrogens (tertiary/aromatic N) is 1. The van der Waals surface area contributed by atoms with Crippen LogP contribution in [0.1, 0.15) is 0 Å². The Kier molecular flexibility index (Phi) is 3.38. The third kappa shape index (κ3) is 2.19. The molecular weight excluding hydrogens is 309 g/mol. The van der Waals surface area contributed by atoms with E-state index in [0.29, 0.717) is 0 Å². The minimum absolute atomic E-state index is 0.610. The largest absolute Gasteiger partial charge is 0.334 e. The van der Waals surface area contributed by atoms with Crippen molar-refractivity contribution in [3.8, 4) is 0 Å². The van der Waals surface area contributed by atoms with E-state index < -0.39 is 49.8 Å². The van der Waals surface area contributed by atoms with Gasteiger partial charge in [-0.05, 0) is 0 Å². The van der Waals surface area contributed by atoms with Crippen molar-refractivity contribution in [1.29, 1.82) is 0 Å². The number of H-pyrrole nitrogens is 1. The summed E-state index contributed by atoms with van der Waals surface area (Å²) in [7, 11) is -4.57. The van der Waals surface area contributed by atoms with E-state index in [-0.39, 0.29) is 0 Å². The molecule has 1 aromatic heterocycles. The van der Waals surface area contributed by atoms with Gasteiger partial charge in [-0.3, -0.25) is 4.72 Å². The van der Waals surface area contributed by atoms with Gasteiger partial charge >= 0.3 is 0 Å². The Morgan fingerprint density at radius 1 is 0.950 bits per heavy atom.